The molecule has 2 heteroatoms. The lowest BCUT2D eigenvalue weighted by molar-refractivity contribution is 0.236. The van der Waals surface area contributed by atoms with Gasteiger partial charge in [0, 0.05) is 30.1 Å². The van der Waals surface area contributed by atoms with Gasteiger partial charge in [-0.15, -0.1) is 0 Å². The van der Waals surface area contributed by atoms with Gasteiger partial charge in [0.05, 0.1) is 0 Å². The Balaban J connectivity index is 2.40. The van der Waals surface area contributed by atoms with Gasteiger partial charge in [-0.25, -0.2) is 0 Å². The molecule has 0 aromatic rings. The van der Waals surface area contributed by atoms with Crippen LogP contribution in [0.2, 0.25) is 0 Å². The molecule has 1 nitrogen and oxygen atoms in total. The summed E-state index contributed by atoms with van der Waals surface area (Å²) in [6.07, 6.45) is 4.39. The maximum Gasteiger partial charge on any atom is 0.0187 e. The molecule has 0 N–H and O–H groups in total. The molecule has 2 atom stereocenters. The van der Waals surface area contributed by atoms with Gasteiger partial charge in [-0.3, -0.25) is 4.90 Å². The predicted octanol–water partition coefficient (Wildman–Crippen LogP) is 2.39. The Bertz CT molecular complexity index is 156. The van der Waals surface area contributed by atoms with E-state index in [0.29, 0.717) is 0 Å². The summed E-state index contributed by atoms with van der Waals surface area (Å²) in [5, 5.41) is 0.795. The summed E-state index contributed by atoms with van der Waals surface area (Å²) < 4.78 is 0. The Morgan fingerprint density at radius 1 is 1.50 bits per heavy atom. The topological polar surface area (TPSA) is 3.24 Å². The van der Waals surface area contributed by atoms with Crippen molar-refractivity contribution >= 4 is 11.8 Å². The Kier molecular flexibility index (Phi) is 4.16. The van der Waals surface area contributed by atoms with Gasteiger partial charge in [0.2, 0.25) is 0 Å². The zero-order valence-corrected chi connectivity index (χ0v) is 9.10. The number of hydrogen-bond acceptors (Lipinski definition) is 2. The molecule has 0 spiro atoms. The molecular formula is C10H19NS. The van der Waals surface area contributed by atoms with Crippen LogP contribution < -0.4 is 0 Å². The molecule has 1 heterocycles. The van der Waals surface area contributed by atoms with E-state index in [4.69, 9.17) is 0 Å². The van der Waals surface area contributed by atoms with E-state index < -0.39 is 0 Å². The Hall–Kier alpha value is 0.0500. The predicted molar refractivity (Wildman–Crippen MR) is 57.8 cm³/mol. The molecule has 1 rings (SSSR count). The second-order valence-corrected chi connectivity index (χ2v) is 4.87. The van der Waals surface area contributed by atoms with Crippen molar-refractivity contribution in [2.75, 3.05) is 18.8 Å². The van der Waals surface area contributed by atoms with Crippen LogP contribution in [-0.2, 0) is 0 Å². The van der Waals surface area contributed by atoms with Gasteiger partial charge in [-0.1, -0.05) is 19.1 Å². The van der Waals surface area contributed by atoms with Gasteiger partial charge in [0.15, 0.2) is 0 Å². The molecule has 1 fully saturated rings. The van der Waals surface area contributed by atoms with E-state index in [1.165, 1.54) is 12.3 Å². The molecule has 1 aliphatic rings. The molecule has 1 aliphatic heterocycles. The lowest BCUT2D eigenvalue weighted by atomic mass is 10.2. The van der Waals surface area contributed by atoms with Crippen LogP contribution in [0.5, 0.6) is 0 Å². The van der Waals surface area contributed by atoms with Crippen LogP contribution in [0.15, 0.2) is 12.2 Å². The van der Waals surface area contributed by atoms with Gasteiger partial charge in [0.25, 0.3) is 0 Å². The number of allylic oxidation sites excluding steroid dienone is 1. The highest BCUT2D eigenvalue weighted by Gasteiger charge is 2.23. The van der Waals surface area contributed by atoms with Crippen LogP contribution in [0.25, 0.3) is 0 Å². The van der Waals surface area contributed by atoms with Crippen LogP contribution in [0, 0.1) is 0 Å². The average Bonchev–Trinajstić information content (AvgIpc) is 2.08. The molecular weight excluding hydrogens is 166 g/mol. The normalized spacial score (nSPS) is 32.9. The first-order valence-electron chi connectivity index (χ1n) is 4.72. The van der Waals surface area contributed by atoms with Gasteiger partial charge < -0.3 is 0 Å². The number of rotatable bonds is 2. The largest absolute Gasteiger partial charge is 0.295 e. The molecule has 0 aromatic heterocycles. The Morgan fingerprint density at radius 2 is 2.25 bits per heavy atom. The molecule has 1 saturated heterocycles. The van der Waals surface area contributed by atoms with E-state index in [2.05, 4.69) is 49.6 Å². The SMILES string of the molecule is C/C=C/CN1CCSC(C)C1C. The van der Waals surface area contributed by atoms with Crippen LogP contribution in [0.1, 0.15) is 20.8 Å². The lowest BCUT2D eigenvalue weighted by Gasteiger charge is -2.36. The van der Waals surface area contributed by atoms with Gasteiger partial charge in [-0.05, 0) is 13.8 Å². The van der Waals surface area contributed by atoms with Crippen molar-refractivity contribution in [3.05, 3.63) is 12.2 Å². The first kappa shape index (κ1) is 10.1. The van der Waals surface area contributed by atoms with E-state index in [1.54, 1.807) is 0 Å². The summed E-state index contributed by atoms with van der Waals surface area (Å²) in [5.41, 5.74) is 0. The third-order valence-corrected chi connectivity index (χ3v) is 3.93. The third kappa shape index (κ3) is 2.53. The smallest absolute Gasteiger partial charge is 0.0187 e. The molecule has 0 saturated carbocycles. The van der Waals surface area contributed by atoms with Gasteiger partial charge in [-0.2, -0.15) is 11.8 Å². The van der Waals surface area contributed by atoms with Crippen molar-refractivity contribution in [1.29, 1.82) is 0 Å². The first-order chi connectivity index (χ1) is 5.75. The maximum atomic E-state index is 2.56. The zero-order chi connectivity index (χ0) is 8.97. The average molecular weight is 185 g/mol. The van der Waals surface area contributed by atoms with Crippen LogP contribution in [0.4, 0.5) is 0 Å². The fourth-order valence-electron chi connectivity index (χ4n) is 1.49. The fourth-order valence-corrected chi connectivity index (χ4v) is 2.66. The number of thioether (sulfide) groups is 1. The van der Waals surface area contributed by atoms with Crippen molar-refractivity contribution in [2.45, 2.75) is 32.1 Å². The Morgan fingerprint density at radius 3 is 2.92 bits per heavy atom. The summed E-state index contributed by atoms with van der Waals surface area (Å²) in [5.74, 6) is 1.29. The summed E-state index contributed by atoms with van der Waals surface area (Å²) in [6.45, 7) is 9.13. The van der Waals surface area contributed by atoms with E-state index >= 15 is 0 Å². The summed E-state index contributed by atoms with van der Waals surface area (Å²) in [6, 6.07) is 0.736. The monoisotopic (exact) mass is 185 g/mol. The minimum absolute atomic E-state index is 0.736. The molecule has 0 radical (unpaired) electrons. The summed E-state index contributed by atoms with van der Waals surface area (Å²) in [4.78, 5) is 2.56. The molecule has 2 unspecified atom stereocenters. The number of hydrogen-bond donors (Lipinski definition) is 0. The highest BCUT2D eigenvalue weighted by molar-refractivity contribution is 8.00. The Labute approximate surface area is 80.2 Å². The van der Waals surface area contributed by atoms with E-state index in [9.17, 15) is 0 Å². The fraction of sp³-hybridized carbons (Fsp3) is 0.800. The van der Waals surface area contributed by atoms with Crippen LogP contribution in [-0.4, -0.2) is 35.0 Å². The molecule has 0 bridgehead atoms. The van der Waals surface area contributed by atoms with Crippen molar-refractivity contribution in [3.8, 4) is 0 Å². The molecule has 70 valence electrons. The van der Waals surface area contributed by atoms with E-state index in [0.717, 1.165) is 17.8 Å². The van der Waals surface area contributed by atoms with Crippen LogP contribution >= 0.6 is 11.8 Å². The van der Waals surface area contributed by atoms with Crippen molar-refractivity contribution in [2.24, 2.45) is 0 Å². The quantitative estimate of drug-likeness (QED) is 0.608. The second kappa shape index (κ2) is 4.93. The van der Waals surface area contributed by atoms with Crippen molar-refractivity contribution in [1.82, 2.24) is 4.90 Å². The van der Waals surface area contributed by atoms with Crippen molar-refractivity contribution < 1.29 is 0 Å². The second-order valence-electron chi connectivity index (χ2n) is 3.38. The molecule has 0 aliphatic carbocycles. The van der Waals surface area contributed by atoms with E-state index in [1.807, 2.05) is 0 Å². The van der Waals surface area contributed by atoms with Crippen LogP contribution in [0.3, 0.4) is 0 Å². The highest BCUT2D eigenvalue weighted by Crippen LogP contribution is 2.23. The number of nitrogens with zero attached hydrogens (tertiary/aromatic N) is 1. The first-order valence-corrected chi connectivity index (χ1v) is 5.77. The third-order valence-electron chi connectivity index (χ3n) is 2.59. The van der Waals surface area contributed by atoms with Crippen molar-refractivity contribution in [3.63, 3.8) is 0 Å². The summed E-state index contributed by atoms with van der Waals surface area (Å²) in [7, 11) is 0. The minimum atomic E-state index is 0.736. The standard InChI is InChI=1S/C10H19NS/c1-4-5-6-11-7-8-12-10(3)9(11)2/h4-5,9-10H,6-8H2,1-3H3/b5-4+. The van der Waals surface area contributed by atoms with Gasteiger partial charge in [0.1, 0.15) is 0 Å². The molecule has 0 aromatic carbocycles. The van der Waals surface area contributed by atoms with E-state index in [-0.39, 0.29) is 0 Å². The molecule has 12 heavy (non-hydrogen) atoms. The molecule has 0 amide bonds. The maximum absolute atomic E-state index is 2.56. The zero-order valence-electron chi connectivity index (χ0n) is 8.29. The lowest BCUT2D eigenvalue weighted by Crippen LogP contribution is -2.44. The minimum Gasteiger partial charge on any atom is -0.295 e. The highest BCUT2D eigenvalue weighted by atomic mass is 32.2. The van der Waals surface area contributed by atoms with Gasteiger partial charge >= 0.3 is 0 Å². The summed E-state index contributed by atoms with van der Waals surface area (Å²) >= 11 is 2.10.